The van der Waals surface area contributed by atoms with E-state index in [4.69, 9.17) is 21.1 Å². The lowest BCUT2D eigenvalue weighted by Crippen LogP contribution is -2.39. The fraction of sp³-hybridized carbons (Fsp3) is 0.647. The molecule has 1 heterocycles. The number of likely N-dealkylation sites (tertiary alicyclic amines) is 1. The molecule has 2 aliphatic rings. The summed E-state index contributed by atoms with van der Waals surface area (Å²) in [4.78, 5) is 2.37. The topological polar surface area (TPSA) is 41.9 Å². The number of halogens is 1. The Bertz CT molecular complexity index is 549. The van der Waals surface area contributed by atoms with Crippen LogP contribution in [0.4, 0.5) is 0 Å². The number of methoxy groups -OCH3 is 1. The summed E-state index contributed by atoms with van der Waals surface area (Å²) in [5.41, 5.74) is 1.05. The molecule has 0 radical (unpaired) electrons. The molecule has 1 aliphatic heterocycles. The second kappa shape index (κ2) is 6.26. The molecule has 5 heteroatoms. The maximum Gasteiger partial charge on any atom is 0.163 e. The van der Waals surface area contributed by atoms with Gasteiger partial charge < -0.3 is 14.6 Å². The molecule has 1 N–H and O–H groups in total. The van der Waals surface area contributed by atoms with Crippen molar-refractivity contribution in [1.29, 1.82) is 0 Å². The molecule has 0 spiro atoms. The van der Waals surface area contributed by atoms with Crippen LogP contribution in [0.15, 0.2) is 12.1 Å². The van der Waals surface area contributed by atoms with Crippen molar-refractivity contribution >= 4 is 11.6 Å². The van der Waals surface area contributed by atoms with E-state index in [9.17, 15) is 5.11 Å². The molecule has 3 atom stereocenters. The first-order chi connectivity index (χ1) is 10.5. The summed E-state index contributed by atoms with van der Waals surface area (Å²) >= 11 is 6.43. The van der Waals surface area contributed by atoms with Crippen molar-refractivity contribution in [3.63, 3.8) is 0 Å². The Morgan fingerprint density at radius 2 is 2.09 bits per heavy atom. The van der Waals surface area contributed by atoms with E-state index in [2.05, 4.69) is 4.90 Å². The summed E-state index contributed by atoms with van der Waals surface area (Å²) in [6.07, 6.45) is 0.910. The lowest BCUT2D eigenvalue weighted by atomic mass is 9.74. The van der Waals surface area contributed by atoms with Crippen molar-refractivity contribution in [2.24, 2.45) is 11.8 Å². The van der Waals surface area contributed by atoms with Crippen molar-refractivity contribution < 1.29 is 14.6 Å². The molecule has 22 heavy (non-hydrogen) atoms. The van der Waals surface area contributed by atoms with Gasteiger partial charge in [0.2, 0.25) is 0 Å². The zero-order chi connectivity index (χ0) is 15.9. The Kier molecular flexibility index (Phi) is 4.53. The van der Waals surface area contributed by atoms with Gasteiger partial charge in [-0.15, -0.1) is 0 Å². The summed E-state index contributed by atoms with van der Waals surface area (Å²) in [5, 5.41) is 10.5. The summed E-state index contributed by atoms with van der Waals surface area (Å²) in [6.45, 7) is 6.75. The van der Waals surface area contributed by atoms with Crippen LogP contribution in [0.2, 0.25) is 5.02 Å². The van der Waals surface area contributed by atoms with Crippen LogP contribution in [-0.4, -0.2) is 42.4 Å². The molecule has 0 aromatic heterocycles. The van der Waals surface area contributed by atoms with Crippen LogP contribution in [-0.2, 0) is 6.54 Å². The summed E-state index contributed by atoms with van der Waals surface area (Å²) in [7, 11) is 1.65. The van der Waals surface area contributed by atoms with Gasteiger partial charge in [0.15, 0.2) is 11.5 Å². The molecular weight excluding hydrogens is 302 g/mol. The standard InChI is InChI=1S/C17H24ClNO3/c1-10(2)22-17-6-14(18)12(5-16(17)21-3)8-19-7-11-4-15(20)13(11)9-19/h5-6,10-11,13,15,20H,4,7-9H2,1-3H3/t11-,13+,15-/m1/s1. The Labute approximate surface area is 137 Å². The minimum absolute atomic E-state index is 0.0755. The van der Waals surface area contributed by atoms with Gasteiger partial charge in [0, 0.05) is 36.6 Å². The number of nitrogens with zero attached hydrogens (tertiary/aromatic N) is 1. The summed E-state index contributed by atoms with van der Waals surface area (Å²) in [6, 6.07) is 3.81. The molecule has 1 aromatic rings. The zero-order valence-corrected chi connectivity index (χ0v) is 14.1. The van der Waals surface area contributed by atoms with E-state index in [0.29, 0.717) is 22.6 Å². The first-order valence-electron chi connectivity index (χ1n) is 7.91. The molecular formula is C17H24ClNO3. The van der Waals surface area contributed by atoms with E-state index < -0.39 is 0 Å². The van der Waals surface area contributed by atoms with Gasteiger partial charge in [0.1, 0.15) is 0 Å². The predicted molar refractivity (Wildman–Crippen MR) is 86.6 cm³/mol. The van der Waals surface area contributed by atoms with Crippen LogP contribution in [0.1, 0.15) is 25.8 Å². The molecule has 4 nitrogen and oxygen atoms in total. The van der Waals surface area contributed by atoms with E-state index in [1.165, 1.54) is 0 Å². The molecule has 0 amide bonds. The van der Waals surface area contributed by atoms with Crippen molar-refractivity contribution in [2.75, 3.05) is 20.2 Å². The van der Waals surface area contributed by atoms with Crippen molar-refractivity contribution in [3.05, 3.63) is 22.7 Å². The molecule has 1 saturated carbocycles. The summed E-state index contributed by atoms with van der Waals surface area (Å²) in [5.74, 6) is 2.50. The number of aliphatic hydroxyl groups is 1. The van der Waals surface area contributed by atoms with Crippen molar-refractivity contribution in [2.45, 2.75) is 39.0 Å². The number of fused-ring (bicyclic) bond motifs is 1. The highest BCUT2D eigenvalue weighted by molar-refractivity contribution is 6.31. The van der Waals surface area contributed by atoms with Crippen molar-refractivity contribution in [3.8, 4) is 11.5 Å². The number of hydrogen-bond acceptors (Lipinski definition) is 4. The lowest BCUT2D eigenvalue weighted by molar-refractivity contribution is -0.00435. The van der Waals surface area contributed by atoms with E-state index in [1.807, 2.05) is 26.0 Å². The van der Waals surface area contributed by atoms with Gasteiger partial charge in [-0.05, 0) is 37.8 Å². The van der Waals surface area contributed by atoms with Gasteiger partial charge in [0.05, 0.1) is 19.3 Å². The van der Waals surface area contributed by atoms with Gasteiger partial charge in [-0.25, -0.2) is 0 Å². The average Bonchev–Trinajstić information content (AvgIpc) is 2.77. The number of ether oxygens (including phenoxy) is 2. The molecule has 1 aromatic carbocycles. The first kappa shape index (κ1) is 15.9. The van der Waals surface area contributed by atoms with Crippen LogP contribution >= 0.6 is 11.6 Å². The second-order valence-corrected chi connectivity index (χ2v) is 7.09. The number of aliphatic hydroxyl groups excluding tert-OH is 1. The minimum Gasteiger partial charge on any atom is -0.493 e. The van der Waals surface area contributed by atoms with Crippen LogP contribution in [0.25, 0.3) is 0 Å². The molecule has 122 valence electrons. The third kappa shape index (κ3) is 3.05. The van der Waals surface area contributed by atoms with Gasteiger partial charge >= 0.3 is 0 Å². The molecule has 3 rings (SSSR count). The molecule has 1 saturated heterocycles. The Hall–Kier alpha value is -0.970. The fourth-order valence-corrected chi connectivity index (χ4v) is 3.75. The highest BCUT2D eigenvalue weighted by atomic mass is 35.5. The molecule has 2 fully saturated rings. The van der Waals surface area contributed by atoms with E-state index in [1.54, 1.807) is 7.11 Å². The van der Waals surface area contributed by atoms with Crippen LogP contribution in [0.3, 0.4) is 0 Å². The second-order valence-electron chi connectivity index (χ2n) is 6.68. The Morgan fingerprint density at radius 3 is 2.68 bits per heavy atom. The average molecular weight is 326 g/mol. The monoisotopic (exact) mass is 325 g/mol. The third-order valence-electron chi connectivity index (χ3n) is 4.69. The molecule has 0 unspecified atom stereocenters. The first-order valence-corrected chi connectivity index (χ1v) is 8.29. The molecule has 0 bridgehead atoms. The highest BCUT2D eigenvalue weighted by Gasteiger charge is 2.46. The van der Waals surface area contributed by atoms with Gasteiger partial charge in [0.25, 0.3) is 0 Å². The maximum atomic E-state index is 9.77. The van der Waals surface area contributed by atoms with Crippen molar-refractivity contribution in [1.82, 2.24) is 4.90 Å². The number of rotatable bonds is 5. The highest BCUT2D eigenvalue weighted by Crippen LogP contribution is 2.42. The minimum atomic E-state index is -0.109. The largest absolute Gasteiger partial charge is 0.493 e. The summed E-state index contributed by atoms with van der Waals surface area (Å²) < 4.78 is 11.2. The van der Waals surface area contributed by atoms with E-state index >= 15 is 0 Å². The maximum absolute atomic E-state index is 9.77. The number of hydrogen-bond donors (Lipinski definition) is 1. The third-order valence-corrected chi connectivity index (χ3v) is 5.05. The SMILES string of the molecule is COc1cc(CN2C[C@H]3C[C@@H](O)[C@H]3C2)c(Cl)cc1OC(C)C. The van der Waals surface area contributed by atoms with Gasteiger partial charge in [-0.3, -0.25) is 4.90 Å². The van der Waals surface area contributed by atoms with Crippen LogP contribution < -0.4 is 9.47 Å². The zero-order valence-electron chi connectivity index (χ0n) is 13.4. The normalized spacial score (nSPS) is 27.6. The number of benzene rings is 1. The Morgan fingerprint density at radius 1 is 1.32 bits per heavy atom. The van der Waals surface area contributed by atoms with Crippen LogP contribution in [0.5, 0.6) is 11.5 Å². The van der Waals surface area contributed by atoms with Crippen LogP contribution in [0, 0.1) is 11.8 Å². The van der Waals surface area contributed by atoms with Gasteiger partial charge in [-0.1, -0.05) is 11.6 Å². The van der Waals surface area contributed by atoms with Gasteiger partial charge in [-0.2, -0.15) is 0 Å². The van der Waals surface area contributed by atoms with E-state index in [-0.39, 0.29) is 12.2 Å². The molecule has 1 aliphatic carbocycles. The lowest BCUT2D eigenvalue weighted by Gasteiger charge is -2.35. The van der Waals surface area contributed by atoms with E-state index in [0.717, 1.165) is 37.4 Å². The Balaban J connectivity index is 1.73. The quantitative estimate of drug-likeness (QED) is 0.903. The predicted octanol–water partition coefficient (Wildman–Crippen LogP) is 2.95. The fourth-order valence-electron chi connectivity index (χ4n) is 3.54. The smallest absolute Gasteiger partial charge is 0.163 e.